The minimum Gasteiger partial charge on any atom is -0.368 e. The van der Waals surface area contributed by atoms with Gasteiger partial charge in [-0.05, 0) is 36.8 Å². The Morgan fingerprint density at radius 2 is 2.31 bits per heavy atom. The molecule has 2 rings (SSSR count). The van der Waals surface area contributed by atoms with Gasteiger partial charge in [0, 0.05) is 19.6 Å². The standard InChI is InChI=1S/C11H21N3OS/c12-11(15)10(9-2-7-16-8-9)14-5-1-3-13-4-6-14/h9-10,13H,1-8H2,(H2,12,15). The number of carbonyl (C=O) groups excluding carboxylic acids is 1. The van der Waals surface area contributed by atoms with E-state index in [0.29, 0.717) is 5.92 Å². The summed E-state index contributed by atoms with van der Waals surface area (Å²) in [6.45, 7) is 3.99. The molecule has 92 valence electrons. The number of primary amides is 1. The van der Waals surface area contributed by atoms with Gasteiger partial charge in [0.05, 0.1) is 6.04 Å². The number of nitrogens with zero attached hydrogens (tertiary/aromatic N) is 1. The molecule has 0 saturated carbocycles. The van der Waals surface area contributed by atoms with Crippen molar-refractivity contribution in [2.45, 2.75) is 18.9 Å². The lowest BCUT2D eigenvalue weighted by molar-refractivity contribution is -0.124. The summed E-state index contributed by atoms with van der Waals surface area (Å²) in [5.41, 5.74) is 5.59. The molecule has 0 aromatic heterocycles. The third kappa shape index (κ3) is 2.90. The van der Waals surface area contributed by atoms with E-state index in [9.17, 15) is 4.79 Å². The smallest absolute Gasteiger partial charge is 0.235 e. The number of amides is 1. The fraction of sp³-hybridized carbons (Fsp3) is 0.909. The maximum Gasteiger partial charge on any atom is 0.235 e. The van der Waals surface area contributed by atoms with Crippen LogP contribution in [-0.2, 0) is 4.79 Å². The highest BCUT2D eigenvalue weighted by Gasteiger charge is 2.34. The fourth-order valence-electron chi connectivity index (χ4n) is 2.66. The van der Waals surface area contributed by atoms with Crippen LogP contribution in [-0.4, -0.2) is 54.5 Å². The van der Waals surface area contributed by atoms with Crippen molar-refractivity contribution in [1.29, 1.82) is 0 Å². The minimum absolute atomic E-state index is 0.0325. The van der Waals surface area contributed by atoms with Gasteiger partial charge in [-0.1, -0.05) is 0 Å². The summed E-state index contributed by atoms with van der Waals surface area (Å²) in [5, 5.41) is 3.36. The normalized spacial score (nSPS) is 29.9. The Kier molecular flexibility index (Phi) is 4.49. The van der Waals surface area contributed by atoms with Crippen LogP contribution in [0.25, 0.3) is 0 Å². The van der Waals surface area contributed by atoms with Crippen molar-refractivity contribution in [1.82, 2.24) is 10.2 Å². The zero-order valence-corrected chi connectivity index (χ0v) is 10.5. The number of rotatable bonds is 3. The fourth-order valence-corrected chi connectivity index (χ4v) is 3.94. The minimum atomic E-state index is -0.130. The Hall–Kier alpha value is -0.260. The largest absolute Gasteiger partial charge is 0.368 e. The van der Waals surface area contributed by atoms with Crippen LogP contribution in [0.2, 0.25) is 0 Å². The summed E-state index contributed by atoms with van der Waals surface area (Å²) in [6, 6.07) is -0.0325. The Bertz CT molecular complexity index is 235. The molecule has 0 radical (unpaired) electrons. The molecule has 0 aliphatic carbocycles. The van der Waals surface area contributed by atoms with Crippen LogP contribution >= 0.6 is 11.8 Å². The third-order valence-corrected chi connectivity index (χ3v) is 4.66. The van der Waals surface area contributed by atoms with Crippen molar-refractivity contribution < 1.29 is 4.79 Å². The van der Waals surface area contributed by atoms with E-state index in [2.05, 4.69) is 10.2 Å². The Morgan fingerprint density at radius 3 is 3.00 bits per heavy atom. The van der Waals surface area contributed by atoms with Gasteiger partial charge in [-0.3, -0.25) is 9.69 Å². The summed E-state index contributed by atoms with van der Waals surface area (Å²) in [6.07, 6.45) is 2.26. The quantitative estimate of drug-likeness (QED) is 0.726. The summed E-state index contributed by atoms with van der Waals surface area (Å²) in [7, 11) is 0. The molecular weight excluding hydrogens is 222 g/mol. The van der Waals surface area contributed by atoms with Crippen molar-refractivity contribution in [3.63, 3.8) is 0 Å². The molecule has 16 heavy (non-hydrogen) atoms. The van der Waals surface area contributed by atoms with Crippen LogP contribution < -0.4 is 11.1 Å². The van der Waals surface area contributed by atoms with Gasteiger partial charge < -0.3 is 11.1 Å². The molecule has 2 fully saturated rings. The number of nitrogens with two attached hydrogens (primary N) is 1. The maximum absolute atomic E-state index is 11.6. The second-order valence-electron chi connectivity index (χ2n) is 4.61. The van der Waals surface area contributed by atoms with Gasteiger partial charge in [0.15, 0.2) is 0 Å². The first-order valence-corrected chi connectivity index (χ1v) is 7.26. The van der Waals surface area contributed by atoms with E-state index in [1.54, 1.807) is 0 Å². The Balaban J connectivity index is 2.01. The first-order valence-electron chi connectivity index (χ1n) is 6.11. The number of carbonyl (C=O) groups is 1. The molecule has 0 spiro atoms. The van der Waals surface area contributed by atoms with Crippen molar-refractivity contribution >= 4 is 17.7 Å². The first kappa shape index (κ1) is 12.2. The molecule has 3 N–H and O–H groups in total. The van der Waals surface area contributed by atoms with Gasteiger partial charge in [0.1, 0.15) is 0 Å². The molecule has 2 saturated heterocycles. The zero-order chi connectivity index (χ0) is 11.4. The van der Waals surface area contributed by atoms with E-state index in [-0.39, 0.29) is 11.9 Å². The van der Waals surface area contributed by atoms with Crippen LogP contribution in [0, 0.1) is 5.92 Å². The van der Waals surface area contributed by atoms with Crippen molar-refractivity contribution in [2.75, 3.05) is 37.7 Å². The lowest BCUT2D eigenvalue weighted by atomic mass is 9.97. The first-order chi connectivity index (χ1) is 7.79. The summed E-state index contributed by atoms with van der Waals surface area (Å²) in [5.74, 6) is 2.62. The van der Waals surface area contributed by atoms with Gasteiger partial charge in [-0.15, -0.1) is 0 Å². The Labute approximate surface area is 101 Å². The maximum atomic E-state index is 11.6. The summed E-state index contributed by atoms with van der Waals surface area (Å²) < 4.78 is 0. The van der Waals surface area contributed by atoms with E-state index in [4.69, 9.17) is 5.73 Å². The average Bonchev–Trinajstić information content (AvgIpc) is 2.62. The van der Waals surface area contributed by atoms with Gasteiger partial charge in [-0.25, -0.2) is 0 Å². The zero-order valence-electron chi connectivity index (χ0n) is 9.65. The van der Waals surface area contributed by atoms with Crippen LogP contribution in [0.3, 0.4) is 0 Å². The summed E-state index contributed by atoms with van der Waals surface area (Å²) >= 11 is 1.95. The molecule has 0 aromatic carbocycles. The third-order valence-electron chi connectivity index (χ3n) is 3.47. The number of nitrogens with one attached hydrogen (secondary N) is 1. The SMILES string of the molecule is NC(=O)C(C1CCSC1)N1CCCNCC1. The van der Waals surface area contributed by atoms with E-state index in [0.717, 1.165) is 44.8 Å². The van der Waals surface area contributed by atoms with Crippen LogP contribution in [0.4, 0.5) is 0 Å². The van der Waals surface area contributed by atoms with Crippen LogP contribution in [0.1, 0.15) is 12.8 Å². The molecular formula is C11H21N3OS. The molecule has 5 heteroatoms. The topological polar surface area (TPSA) is 58.4 Å². The highest BCUT2D eigenvalue weighted by Crippen LogP contribution is 2.29. The van der Waals surface area contributed by atoms with E-state index in [1.807, 2.05) is 11.8 Å². The molecule has 0 aromatic rings. The monoisotopic (exact) mass is 243 g/mol. The molecule has 2 heterocycles. The Morgan fingerprint density at radius 1 is 1.44 bits per heavy atom. The van der Waals surface area contributed by atoms with E-state index < -0.39 is 0 Å². The van der Waals surface area contributed by atoms with Crippen LogP contribution in [0.5, 0.6) is 0 Å². The molecule has 0 bridgehead atoms. The number of hydrogen-bond donors (Lipinski definition) is 2. The van der Waals surface area contributed by atoms with Gasteiger partial charge >= 0.3 is 0 Å². The van der Waals surface area contributed by atoms with E-state index >= 15 is 0 Å². The van der Waals surface area contributed by atoms with Gasteiger partial charge in [-0.2, -0.15) is 11.8 Å². The van der Waals surface area contributed by atoms with Crippen molar-refractivity contribution in [2.24, 2.45) is 11.7 Å². The lowest BCUT2D eigenvalue weighted by Crippen LogP contribution is -2.50. The second-order valence-corrected chi connectivity index (χ2v) is 5.76. The molecule has 2 aliphatic heterocycles. The number of thioether (sulfide) groups is 1. The molecule has 4 nitrogen and oxygen atoms in total. The molecule has 2 unspecified atom stereocenters. The van der Waals surface area contributed by atoms with Gasteiger partial charge in [0.25, 0.3) is 0 Å². The lowest BCUT2D eigenvalue weighted by Gasteiger charge is -2.31. The highest BCUT2D eigenvalue weighted by atomic mass is 32.2. The highest BCUT2D eigenvalue weighted by molar-refractivity contribution is 7.99. The average molecular weight is 243 g/mol. The molecule has 2 aliphatic rings. The van der Waals surface area contributed by atoms with Crippen molar-refractivity contribution in [3.8, 4) is 0 Å². The van der Waals surface area contributed by atoms with Gasteiger partial charge in [0.2, 0.25) is 5.91 Å². The predicted molar refractivity (Wildman–Crippen MR) is 67.5 cm³/mol. The molecule has 2 atom stereocenters. The van der Waals surface area contributed by atoms with E-state index in [1.165, 1.54) is 5.75 Å². The molecule has 1 amide bonds. The second kappa shape index (κ2) is 5.89. The number of hydrogen-bond acceptors (Lipinski definition) is 4. The van der Waals surface area contributed by atoms with Crippen LogP contribution in [0.15, 0.2) is 0 Å². The predicted octanol–water partition coefficient (Wildman–Crippen LogP) is -0.111. The van der Waals surface area contributed by atoms with Crippen molar-refractivity contribution in [3.05, 3.63) is 0 Å². The summed E-state index contributed by atoms with van der Waals surface area (Å²) in [4.78, 5) is 13.9.